The summed E-state index contributed by atoms with van der Waals surface area (Å²) in [6.07, 6.45) is 0. The predicted molar refractivity (Wildman–Crippen MR) is 265 cm³/mol. The first-order valence-corrected chi connectivity index (χ1v) is 23.0. The molecule has 0 aromatic heterocycles. The lowest BCUT2D eigenvalue weighted by atomic mass is 9.75. The zero-order valence-electron chi connectivity index (χ0n) is 36.6. The summed E-state index contributed by atoms with van der Waals surface area (Å²) < 4.78 is 19.9. The molecular weight excluding hydrogens is 815 g/mol. The van der Waals surface area contributed by atoms with Crippen LogP contribution >= 0.6 is 11.8 Å². The minimum atomic E-state index is -0.199. The molecule has 0 N–H and O–H groups in total. The molecule has 5 heteroatoms. The Bertz CT molecular complexity index is 3160. The number of nitrogens with zero attached hydrogens (tertiary/aromatic N) is 1. The molecule has 0 bridgehead atoms. The van der Waals surface area contributed by atoms with Crippen molar-refractivity contribution >= 4 is 28.8 Å². The summed E-state index contributed by atoms with van der Waals surface area (Å²) in [6.45, 7) is 9.13. The quantitative estimate of drug-likeness (QED) is 0.166. The molecule has 3 heterocycles. The predicted octanol–water partition coefficient (Wildman–Crippen LogP) is 17.3. The van der Waals surface area contributed by atoms with E-state index in [1.807, 2.05) is 24.3 Å². The number of hydrogen-bond acceptors (Lipinski definition) is 5. The average molecular weight is 860 g/mol. The molecule has 0 aliphatic carbocycles. The Morgan fingerprint density at radius 2 is 0.677 bits per heavy atom. The van der Waals surface area contributed by atoms with E-state index < -0.39 is 0 Å². The van der Waals surface area contributed by atoms with Crippen LogP contribution < -0.4 is 19.1 Å². The molecule has 3 aliphatic rings. The summed E-state index contributed by atoms with van der Waals surface area (Å²) in [6, 6.07) is 71.0. The third-order valence-corrected chi connectivity index (χ3v) is 14.6. The second kappa shape index (κ2) is 15.1. The number of rotatable bonds is 6. The summed E-state index contributed by atoms with van der Waals surface area (Å²) >= 11 is 1.75. The minimum absolute atomic E-state index is 0.199. The highest BCUT2D eigenvalue weighted by Gasteiger charge is 2.37. The molecule has 0 fully saturated rings. The number of ether oxygens (including phenoxy) is 3. The number of anilines is 3. The van der Waals surface area contributed by atoms with Crippen LogP contribution in [0.5, 0.6) is 34.5 Å². The van der Waals surface area contributed by atoms with Crippen LogP contribution in [0.4, 0.5) is 17.1 Å². The number of fused-ring (bicyclic) bond motifs is 6. The van der Waals surface area contributed by atoms with Crippen LogP contribution in [0.25, 0.3) is 33.4 Å². The monoisotopic (exact) mass is 859 g/mol. The van der Waals surface area contributed by atoms with Crippen molar-refractivity contribution in [1.82, 2.24) is 0 Å². The van der Waals surface area contributed by atoms with Gasteiger partial charge in [0.15, 0.2) is 0 Å². The van der Waals surface area contributed by atoms with Crippen molar-refractivity contribution in [2.75, 3.05) is 4.90 Å². The summed E-state index contributed by atoms with van der Waals surface area (Å²) in [4.78, 5) is 4.57. The fourth-order valence-corrected chi connectivity index (χ4v) is 11.0. The Morgan fingerprint density at radius 1 is 0.323 bits per heavy atom. The van der Waals surface area contributed by atoms with Gasteiger partial charge in [0.05, 0.1) is 9.79 Å². The van der Waals surface area contributed by atoms with Gasteiger partial charge in [-0.3, -0.25) is 0 Å². The highest BCUT2D eigenvalue weighted by Crippen LogP contribution is 2.54. The molecule has 12 rings (SSSR count). The van der Waals surface area contributed by atoms with Crippen molar-refractivity contribution < 1.29 is 14.2 Å². The number of hydrogen-bond donors (Lipinski definition) is 0. The first-order valence-electron chi connectivity index (χ1n) is 22.2. The van der Waals surface area contributed by atoms with E-state index in [-0.39, 0.29) is 10.8 Å². The van der Waals surface area contributed by atoms with Gasteiger partial charge in [-0.15, -0.1) is 0 Å². The zero-order valence-corrected chi connectivity index (χ0v) is 37.4. The number of para-hydroxylation sites is 6. The second-order valence-corrected chi connectivity index (χ2v) is 19.2. The lowest BCUT2D eigenvalue weighted by Crippen LogP contribution is -2.24. The van der Waals surface area contributed by atoms with E-state index in [4.69, 9.17) is 14.2 Å². The maximum Gasteiger partial charge on any atom is 0.149 e. The molecule has 4 nitrogen and oxygen atoms in total. The van der Waals surface area contributed by atoms with Crippen LogP contribution in [0.2, 0.25) is 0 Å². The van der Waals surface area contributed by atoms with Crippen molar-refractivity contribution in [2.24, 2.45) is 0 Å². The van der Waals surface area contributed by atoms with Crippen LogP contribution in [0, 0.1) is 0 Å². The molecule has 0 saturated carbocycles. The van der Waals surface area contributed by atoms with Crippen LogP contribution in [0.1, 0.15) is 49.9 Å². The van der Waals surface area contributed by atoms with Crippen molar-refractivity contribution in [3.63, 3.8) is 0 Å². The van der Waals surface area contributed by atoms with Crippen LogP contribution in [0.3, 0.4) is 0 Å². The average Bonchev–Trinajstić information content (AvgIpc) is 3.34. The van der Waals surface area contributed by atoms with Gasteiger partial charge in [-0.2, -0.15) is 0 Å². The van der Waals surface area contributed by atoms with Gasteiger partial charge in [-0.05, 0) is 83.4 Å². The Hall–Kier alpha value is -7.47. The topological polar surface area (TPSA) is 30.9 Å². The van der Waals surface area contributed by atoms with E-state index in [0.717, 1.165) is 94.7 Å². The van der Waals surface area contributed by atoms with Gasteiger partial charge in [0.25, 0.3) is 0 Å². The van der Waals surface area contributed by atoms with E-state index in [1.165, 1.54) is 22.3 Å². The molecule has 314 valence electrons. The van der Waals surface area contributed by atoms with Gasteiger partial charge in [0, 0.05) is 66.8 Å². The molecule has 65 heavy (non-hydrogen) atoms. The van der Waals surface area contributed by atoms with E-state index in [2.05, 4.69) is 209 Å². The first-order chi connectivity index (χ1) is 31.7. The van der Waals surface area contributed by atoms with Gasteiger partial charge < -0.3 is 19.1 Å². The molecule has 0 unspecified atom stereocenters. The molecule has 0 saturated heterocycles. The first kappa shape index (κ1) is 39.1. The smallest absolute Gasteiger partial charge is 0.149 e. The number of benzene rings is 9. The van der Waals surface area contributed by atoms with E-state index in [9.17, 15) is 0 Å². The van der Waals surface area contributed by atoms with Crippen molar-refractivity contribution in [2.45, 2.75) is 48.3 Å². The molecule has 3 aliphatic heterocycles. The van der Waals surface area contributed by atoms with Gasteiger partial charge >= 0.3 is 0 Å². The fraction of sp³-hybridized carbons (Fsp3) is 0.100. The maximum absolute atomic E-state index is 6.70. The normalized spacial score (nSPS) is 14.4. The third-order valence-electron chi connectivity index (χ3n) is 13.5. The molecule has 0 radical (unpaired) electrons. The van der Waals surface area contributed by atoms with E-state index in [1.54, 1.807) is 11.8 Å². The van der Waals surface area contributed by atoms with Gasteiger partial charge in [0.1, 0.15) is 34.5 Å². The largest absolute Gasteiger partial charge is 0.456 e. The van der Waals surface area contributed by atoms with Crippen LogP contribution in [0.15, 0.2) is 210 Å². The lowest BCUT2D eigenvalue weighted by Gasteiger charge is -2.35. The third kappa shape index (κ3) is 6.44. The van der Waals surface area contributed by atoms with Crippen molar-refractivity contribution in [1.29, 1.82) is 0 Å². The lowest BCUT2D eigenvalue weighted by molar-refractivity contribution is 0.419. The Balaban J connectivity index is 0.927. The molecule has 9 aromatic carbocycles. The van der Waals surface area contributed by atoms with Gasteiger partial charge in [-0.25, -0.2) is 0 Å². The van der Waals surface area contributed by atoms with Crippen LogP contribution in [-0.4, -0.2) is 0 Å². The highest BCUT2D eigenvalue weighted by molar-refractivity contribution is 7.99. The minimum Gasteiger partial charge on any atom is -0.456 e. The molecule has 0 atom stereocenters. The van der Waals surface area contributed by atoms with E-state index >= 15 is 0 Å². The Kier molecular flexibility index (Phi) is 9.08. The molecule has 0 spiro atoms. The molecule has 0 amide bonds. The van der Waals surface area contributed by atoms with Gasteiger partial charge in [-0.1, -0.05) is 173 Å². The van der Waals surface area contributed by atoms with Gasteiger partial charge in [0.2, 0.25) is 0 Å². The SMILES string of the molecule is CC1(C)c2ccccc2Oc2c(-c3ccc(N(c4ccc(-c5cccc6c5Oc5ccccc5S6)cc4)c4ccc(-c5cccc6c5Oc5ccccc5C6(C)C)cc4)cc3)cccc21. The van der Waals surface area contributed by atoms with E-state index in [0.29, 0.717) is 0 Å². The standard InChI is InChI=1S/C60H45NO3S/c1-59(2)47-17-5-7-21-51(47)62-56-44(14-11-19-49(56)59)38-26-32-41(33-27-38)61(43-36-30-40(31-37-43)46-16-13-25-55-58(46)64-53-23-9-10-24-54(53)65-55)42-34-28-39(29-35-42)45-15-12-20-50-57(45)63-52-22-8-6-18-48(52)60(50,3)4/h5-37H,1-4H3. The molecule has 9 aromatic rings. The summed E-state index contributed by atoms with van der Waals surface area (Å²) in [7, 11) is 0. The highest BCUT2D eigenvalue weighted by atomic mass is 32.2. The summed E-state index contributed by atoms with van der Waals surface area (Å²) in [5.41, 5.74) is 14.0. The van der Waals surface area contributed by atoms with Crippen molar-refractivity contribution in [3.8, 4) is 67.9 Å². The summed E-state index contributed by atoms with van der Waals surface area (Å²) in [5.74, 6) is 5.44. The Labute approximate surface area is 384 Å². The van der Waals surface area contributed by atoms with Crippen LogP contribution in [-0.2, 0) is 10.8 Å². The molecular formula is C60H45NO3S. The van der Waals surface area contributed by atoms with Crippen molar-refractivity contribution in [3.05, 3.63) is 222 Å². The second-order valence-electron chi connectivity index (χ2n) is 18.1. The summed E-state index contributed by atoms with van der Waals surface area (Å²) in [5, 5.41) is 0. The Morgan fingerprint density at radius 3 is 1.15 bits per heavy atom. The maximum atomic E-state index is 6.70. The zero-order chi connectivity index (χ0) is 43.9. The fourth-order valence-electron chi connectivity index (χ4n) is 9.98.